The van der Waals surface area contributed by atoms with E-state index >= 15 is 0 Å². The van der Waals surface area contributed by atoms with Crippen molar-refractivity contribution in [2.75, 3.05) is 0 Å². The van der Waals surface area contributed by atoms with Crippen LogP contribution in [0.1, 0.15) is 27.0 Å². The molecule has 0 saturated carbocycles. The molecule has 0 aliphatic rings. The van der Waals surface area contributed by atoms with Crippen LogP contribution in [0.5, 0.6) is 5.88 Å². The highest BCUT2D eigenvalue weighted by Gasteiger charge is 2.19. The maximum Gasteiger partial charge on any atom is 0.271 e. The van der Waals surface area contributed by atoms with E-state index in [0.29, 0.717) is 16.9 Å². The molecule has 0 aliphatic heterocycles. The largest absolute Gasteiger partial charge is 0.494 e. The number of benzene rings is 3. The molecule has 3 aromatic carbocycles. The van der Waals surface area contributed by atoms with Crippen LogP contribution in [0.25, 0.3) is 11.4 Å². The van der Waals surface area contributed by atoms with E-state index in [1.54, 1.807) is 42.5 Å². The van der Waals surface area contributed by atoms with E-state index in [4.69, 9.17) is 12.2 Å². The lowest BCUT2D eigenvalue weighted by atomic mass is 10.2. The van der Waals surface area contributed by atoms with E-state index in [-0.39, 0.29) is 16.2 Å². The fourth-order valence-corrected chi connectivity index (χ4v) is 3.96. The predicted octanol–water partition coefficient (Wildman–Crippen LogP) is 4.44. The maximum atomic E-state index is 13.5. The first-order valence-corrected chi connectivity index (χ1v) is 10.9. The summed E-state index contributed by atoms with van der Waals surface area (Å²) >= 11 is 5.68. The van der Waals surface area contributed by atoms with E-state index < -0.39 is 11.5 Å². The van der Waals surface area contributed by atoms with Gasteiger partial charge >= 0.3 is 0 Å². The van der Waals surface area contributed by atoms with E-state index in [1.807, 2.05) is 50.2 Å². The van der Waals surface area contributed by atoms with Crippen LogP contribution in [0.4, 0.5) is 0 Å². The third-order valence-electron chi connectivity index (χ3n) is 5.38. The van der Waals surface area contributed by atoms with Crippen LogP contribution in [0.3, 0.4) is 0 Å². The number of nitrogens with zero attached hydrogens (tertiary/aromatic N) is 3. The zero-order valence-electron chi connectivity index (χ0n) is 18.6. The fourth-order valence-electron chi connectivity index (χ4n) is 3.59. The lowest BCUT2D eigenvalue weighted by molar-refractivity contribution is 0.0955. The minimum atomic E-state index is -0.556. The molecular formula is C26H22N4O3S. The van der Waals surface area contributed by atoms with Crippen LogP contribution in [-0.2, 0) is 0 Å². The molecule has 0 spiro atoms. The molecule has 170 valence electrons. The molecule has 1 heterocycles. The zero-order chi connectivity index (χ0) is 24.2. The third-order valence-corrected chi connectivity index (χ3v) is 5.74. The molecule has 1 aromatic heterocycles. The number of amides is 1. The van der Waals surface area contributed by atoms with Gasteiger partial charge in [-0.3, -0.25) is 18.7 Å². The first-order valence-electron chi connectivity index (χ1n) is 10.5. The Kier molecular flexibility index (Phi) is 6.51. The number of para-hydroxylation sites is 2. The van der Waals surface area contributed by atoms with Gasteiger partial charge in [-0.2, -0.15) is 5.10 Å². The standard InChI is InChI=1S/C26H22N4O3S/c1-17-10-6-8-14-21(17)29-24(32)20(16-27-28-23(31)19-12-4-3-5-13-19)25(33)30(26(29)34)22-15-9-7-11-18(22)2/h3-16,32H,1-2H3,(H,28,31)/b27-16+. The number of carbonyl (C=O) groups is 1. The summed E-state index contributed by atoms with van der Waals surface area (Å²) in [5, 5.41) is 15.1. The van der Waals surface area contributed by atoms with Gasteiger partial charge in [0, 0.05) is 5.56 Å². The summed E-state index contributed by atoms with van der Waals surface area (Å²) in [7, 11) is 0. The zero-order valence-corrected chi connectivity index (χ0v) is 19.4. The van der Waals surface area contributed by atoms with Crippen molar-refractivity contribution in [2.24, 2.45) is 5.10 Å². The summed E-state index contributed by atoms with van der Waals surface area (Å²) in [6.45, 7) is 3.75. The van der Waals surface area contributed by atoms with Gasteiger partial charge in [0.2, 0.25) is 5.88 Å². The minimum absolute atomic E-state index is 0.108. The molecule has 34 heavy (non-hydrogen) atoms. The average molecular weight is 471 g/mol. The molecule has 0 unspecified atom stereocenters. The van der Waals surface area contributed by atoms with Gasteiger partial charge in [-0.1, -0.05) is 54.6 Å². The van der Waals surface area contributed by atoms with Gasteiger partial charge in [-0.25, -0.2) is 5.43 Å². The number of hydrogen-bond donors (Lipinski definition) is 2. The van der Waals surface area contributed by atoms with Crippen LogP contribution in [0.2, 0.25) is 0 Å². The van der Waals surface area contributed by atoms with Crippen molar-refractivity contribution >= 4 is 24.3 Å². The smallest absolute Gasteiger partial charge is 0.271 e. The van der Waals surface area contributed by atoms with Crippen molar-refractivity contribution in [3.05, 3.63) is 116 Å². The molecule has 4 rings (SSSR count). The summed E-state index contributed by atoms with van der Waals surface area (Å²) in [5.74, 6) is -0.811. The SMILES string of the molecule is Cc1ccccc1-n1c(O)c(/C=N/NC(=O)c2ccccc2)c(=O)n(-c2ccccc2C)c1=S. The van der Waals surface area contributed by atoms with Crippen molar-refractivity contribution in [3.63, 3.8) is 0 Å². The molecule has 2 N–H and O–H groups in total. The highest BCUT2D eigenvalue weighted by atomic mass is 32.1. The second kappa shape index (κ2) is 9.68. The van der Waals surface area contributed by atoms with E-state index in [9.17, 15) is 14.7 Å². The molecule has 7 nitrogen and oxygen atoms in total. The summed E-state index contributed by atoms with van der Waals surface area (Å²) in [5.41, 5.74) is 5.02. The Bertz CT molecular complexity index is 1520. The van der Waals surface area contributed by atoms with Crippen LogP contribution >= 0.6 is 12.2 Å². The van der Waals surface area contributed by atoms with Gasteiger partial charge in [0.05, 0.1) is 17.6 Å². The van der Waals surface area contributed by atoms with E-state index in [2.05, 4.69) is 10.5 Å². The topological polar surface area (TPSA) is 88.6 Å². The first-order chi connectivity index (χ1) is 16.4. The van der Waals surface area contributed by atoms with Crippen molar-refractivity contribution in [1.29, 1.82) is 0 Å². The Morgan fingerprint density at radius 1 is 0.882 bits per heavy atom. The molecule has 0 atom stereocenters. The number of nitrogens with one attached hydrogen (secondary N) is 1. The molecule has 1 amide bonds. The first kappa shape index (κ1) is 22.9. The molecule has 4 aromatic rings. The molecule has 8 heteroatoms. The number of hydrazone groups is 1. The summed E-state index contributed by atoms with van der Waals surface area (Å²) in [6, 6.07) is 23.3. The number of aryl methyl sites for hydroxylation is 2. The lowest BCUT2D eigenvalue weighted by Gasteiger charge is -2.18. The Labute approximate surface area is 201 Å². The molecule has 0 bridgehead atoms. The quantitative estimate of drug-likeness (QED) is 0.256. The van der Waals surface area contributed by atoms with Gasteiger partial charge in [-0.05, 0) is 61.5 Å². The summed E-state index contributed by atoms with van der Waals surface area (Å²) < 4.78 is 2.90. The third kappa shape index (κ3) is 4.31. The number of carbonyl (C=O) groups excluding carboxylic acids is 1. The second-order valence-electron chi connectivity index (χ2n) is 7.63. The van der Waals surface area contributed by atoms with Gasteiger partial charge in [0.15, 0.2) is 4.77 Å². The van der Waals surface area contributed by atoms with Crippen LogP contribution < -0.4 is 11.0 Å². The normalized spacial score (nSPS) is 11.0. The molecule has 0 saturated heterocycles. The highest BCUT2D eigenvalue weighted by molar-refractivity contribution is 7.71. The Hall–Kier alpha value is -4.30. The monoisotopic (exact) mass is 470 g/mol. The van der Waals surface area contributed by atoms with Crippen LogP contribution in [0.15, 0.2) is 88.8 Å². The Morgan fingerprint density at radius 2 is 1.41 bits per heavy atom. The number of rotatable bonds is 5. The molecule has 0 fully saturated rings. The van der Waals surface area contributed by atoms with Crippen LogP contribution in [0, 0.1) is 18.6 Å². The molecule has 0 radical (unpaired) electrons. The Morgan fingerprint density at radius 3 is 2.00 bits per heavy atom. The minimum Gasteiger partial charge on any atom is -0.494 e. The van der Waals surface area contributed by atoms with Gasteiger partial charge in [0.25, 0.3) is 11.5 Å². The van der Waals surface area contributed by atoms with Gasteiger partial charge < -0.3 is 5.11 Å². The predicted molar refractivity (Wildman–Crippen MR) is 135 cm³/mol. The van der Waals surface area contributed by atoms with E-state index in [1.165, 1.54) is 9.13 Å². The van der Waals surface area contributed by atoms with Crippen molar-refractivity contribution < 1.29 is 9.90 Å². The number of aromatic hydroxyl groups is 1. The summed E-state index contributed by atoms with van der Waals surface area (Å²) in [4.78, 5) is 25.8. The second-order valence-corrected chi connectivity index (χ2v) is 8.00. The lowest BCUT2D eigenvalue weighted by Crippen LogP contribution is -2.28. The highest BCUT2D eigenvalue weighted by Crippen LogP contribution is 2.24. The van der Waals surface area contributed by atoms with Crippen molar-refractivity contribution in [3.8, 4) is 17.3 Å². The number of hydrogen-bond acceptors (Lipinski definition) is 5. The van der Waals surface area contributed by atoms with Gasteiger partial charge in [0.1, 0.15) is 5.56 Å². The summed E-state index contributed by atoms with van der Waals surface area (Å²) in [6.07, 6.45) is 1.14. The molecular weight excluding hydrogens is 448 g/mol. The Balaban J connectivity index is 1.90. The average Bonchev–Trinajstić information content (AvgIpc) is 2.84. The van der Waals surface area contributed by atoms with Crippen LogP contribution in [-0.4, -0.2) is 26.4 Å². The van der Waals surface area contributed by atoms with E-state index in [0.717, 1.165) is 17.3 Å². The van der Waals surface area contributed by atoms with Crippen molar-refractivity contribution in [2.45, 2.75) is 13.8 Å². The maximum absolute atomic E-state index is 13.5. The number of aromatic nitrogens is 2. The fraction of sp³-hybridized carbons (Fsp3) is 0.0769. The molecule has 0 aliphatic carbocycles. The van der Waals surface area contributed by atoms with Gasteiger partial charge in [-0.15, -0.1) is 0 Å². The van der Waals surface area contributed by atoms with Crippen molar-refractivity contribution in [1.82, 2.24) is 14.6 Å².